The minimum atomic E-state index is -0.674. The molecule has 3 amide bonds. The average molecular weight is 265 g/mol. The number of imide groups is 1. The summed E-state index contributed by atoms with van der Waals surface area (Å²) in [6, 6.07) is -0.674. The van der Waals surface area contributed by atoms with Crippen LogP contribution in [0.25, 0.3) is 0 Å². The summed E-state index contributed by atoms with van der Waals surface area (Å²) < 4.78 is 1.41. The monoisotopic (exact) mass is 265 g/mol. The number of anilines is 1. The van der Waals surface area contributed by atoms with E-state index < -0.39 is 23.8 Å². The van der Waals surface area contributed by atoms with E-state index in [2.05, 4.69) is 10.4 Å². The largest absolute Gasteiger partial charge is 0.396 e. The maximum Gasteiger partial charge on any atom is 0.277 e. The lowest BCUT2D eigenvalue weighted by Crippen LogP contribution is -2.59. The van der Waals surface area contributed by atoms with Crippen LogP contribution in [0.4, 0.5) is 5.69 Å². The van der Waals surface area contributed by atoms with Crippen LogP contribution in [-0.2, 0) is 16.6 Å². The van der Waals surface area contributed by atoms with Gasteiger partial charge < -0.3 is 10.6 Å². The van der Waals surface area contributed by atoms with Crippen LogP contribution in [0.5, 0.6) is 0 Å². The molecule has 1 aliphatic rings. The molecular weight excluding hydrogens is 250 g/mol. The zero-order chi connectivity index (χ0) is 14.2. The first kappa shape index (κ1) is 13.1. The highest BCUT2D eigenvalue weighted by molar-refractivity contribution is 6.07. The topological polar surface area (TPSA) is 110 Å². The number of rotatable bonds is 2. The SMILES string of the molecule is CCC1C(=O)NC(=O)CN1C(=O)c1nn(C)cc1N. The second-order valence-corrected chi connectivity index (χ2v) is 4.38. The van der Waals surface area contributed by atoms with Gasteiger partial charge in [-0.15, -0.1) is 0 Å². The van der Waals surface area contributed by atoms with Crippen LogP contribution in [0.1, 0.15) is 23.8 Å². The van der Waals surface area contributed by atoms with Crippen molar-refractivity contribution in [2.75, 3.05) is 12.3 Å². The number of piperazine rings is 1. The molecule has 2 rings (SSSR count). The highest BCUT2D eigenvalue weighted by Crippen LogP contribution is 2.16. The maximum atomic E-state index is 12.3. The number of hydrogen-bond donors (Lipinski definition) is 2. The number of nitrogens with two attached hydrogens (primary N) is 1. The van der Waals surface area contributed by atoms with Gasteiger partial charge in [-0.3, -0.25) is 24.4 Å². The molecule has 1 aliphatic heterocycles. The number of aromatic nitrogens is 2. The van der Waals surface area contributed by atoms with Crippen LogP contribution < -0.4 is 11.1 Å². The van der Waals surface area contributed by atoms with Gasteiger partial charge in [0.1, 0.15) is 12.6 Å². The number of nitrogens with one attached hydrogen (secondary N) is 1. The second kappa shape index (κ2) is 4.71. The van der Waals surface area contributed by atoms with Crippen LogP contribution in [0, 0.1) is 0 Å². The molecule has 1 fully saturated rings. The van der Waals surface area contributed by atoms with Gasteiger partial charge in [-0.1, -0.05) is 6.92 Å². The summed E-state index contributed by atoms with van der Waals surface area (Å²) in [6.07, 6.45) is 1.91. The summed E-state index contributed by atoms with van der Waals surface area (Å²) in [5.41, 5.74) is 5.97. The predicted molar refractivity (Wildman–Crippen MR) is 65.9 cm³/mol. The Hall–Kier alpha value is -2.38. The maximum absolute atomic E-state index is 12.3. The van der Waals surface area contributed by atoms with Crippen molar-refractivity contribution in [1.82, 2.24) is 20.0 Å². The van der Waals surface area contributed by atoms with E-state index in [1.165, 1.54) is 15.8 Å². The quantitative estimate of drug-likeness (QED) is 0.658. The van der Waals surface area contributed by atoms with Crippen molar-refractivity contribution in [1.29, 1.82) is 0 Å². The van der Waals surface area contributed by atoms with Crippen molar-refractivity contribution in [2.45, 2.75) is 19.4 Å². The number of carbonyl (C=O) groups excluding carboxylic acids is 3. The number of hydrogen-bond acceptors (Lipinski definition) is 5. The number of nitrogens with zero attached hydrogens (tertiary/aromatic N) is 3. The Balaban J connectivity index is 2.32. The molecule has 1 unspecified atom stereocenters. The third-order valence-corrected chi connectivity index (χ3v) is 2.96. The van der Waals surface area contributed by atoms with Gasteiger partial charge in [-0.05, 0) is 6.42 Å². The molecule has 8 nitrogen and oxygen atoms in total. The number of aryl methyl sites for hydroxylation is 1. The van der Waals surface area contributed by atoms with Crippen molar-refractivity contribution in [3.8, 4) is 0 Å². The van der Waals surface area contributed by atoms with E-state index in [9.17, 15) is 14.4 Å². The molecule has 19 heavy (non-hydrogen) atoms. The Kier molecular flexibility index (Phi) is 3.24. The van der Waals surface area contributed by atoms with Crippen LogP contribution in [-0.4, -0.2) is 45.0 Å². The van der Waals surface area contributed by atoms with Gasteiger partial charge in [0.2, 0.25) is 11.8 Å². The molecule has 0 aromatic carbocycles. The second-order valence-electron chi connectivity index (χ2n) is 4.38. The van der Waals surface area contributed by atoms with E-state index in [0.29, 0.717) is 6.42 Å². The Bertz CT molecular complexity index is 551. The molecule has 0 saturated carbocycles. The first-order chi connectivity index (χ1) is 8.93. The molecule has 1 aromatic rings. The fourth-order valence-electron chi connectivity index (χ4n) is 2.09. The van der Waals surface area contributed by atoms with E-state index >= 15 is 0 Å². The lowest BCUT2D eigenvalue weighted by atomic mass is 10.1. The number of carbonyl (C=O) groups is 3. The molecular formula is C11H15N5O3. The van der Waals surface area contributed by atoms with Gasteiger partial charge in [0.05, 0.1) is 5.69 Å². The number of amides is 3. The average Bonchev–Trinajstić information content (AvgIpc) is 2.66. The molecule has 3 N–H and O–H groups in total. The van der Waals surface area contributed by atoms with E-state index in [-0.39, 0.29) is 17.9 Å². The number of nitrogen functional groups attached to an aromatic ring is 1. The molecule has 1 atom stereocenters. The first-order valence-corrected chi connectivity index (χ1v) is 5.87. The molecule has 0 bridgehead atoms. The summed E-state index contributed by atoms with van der Waals surface area (Å²) >= 11 is 0. The van der Waals surface area contributed by atoms with Crippen LogP contribution in [0.15, 0.2) is 6.20 Å². The fraction of sp³-hybridized carbons (Fsp3) is 0.455. The van der Waals surface area contributed by atoms with Gasteiger partial charge in [0, 0.05) is 13.2 Å². The summed E-state index contributed by atoms with van der Waals surface area (Å²) in [4.78, 5) is 36.6. The lowest BCUT2D eigenvalue weighted by molar-refractivity contribution is -0.138. The summed E-state index contributed by atoms with van der Waals surface area (Å²) in [7, 11) is 1.64. The van der Waals surface area contributed by atoms with Crippen LogP contribution >= 0.6 is 0 Å². The van der Waals surface area contributed by atoms with Crippen molar-refractivity contribution < 1.29 is 14.4 Å². The normalized spacial score (nSPS) is 19.5. The van der Waals surface area contributed by atoms with E-state index in [4.69, 9.17) is 5.73 Å². The van der Waals surface area contributed by atoms with Crippen LogP contribution in [0.2, 0.25) is 0 Å². The van der Waals surface area contributed by atoms with Crippen molar-refractivity contribution >= 4 is 23.4 Å². The standard InChI is InChI=1S/C11H15N5O3/c1-3-7-10(18)13-8(17)5-16(7)11(19)9-6(12)4-15(2)14-9/h4,7H,3,5,12H2,1-2H3,(H,13,17,18). The van der Waals surface area contributed by atoms with Gasteiger partial charge in [0.15, 0.2) is 5.69 Å². The molecule has 102 valence electrons. The summed E-state index contributed by atoms with van der Waals surface area (Å²) in [6.45, 7) is 1.60. The van der Waals surface area contributed by atoms with Crippen molar-refractivity contribution in [2.24, 2.45) is 7.05 Å². The van der Waals surface area contributed by atoms with E-state index in [0.717, 1.165) is 0 Å². The van der Waals surface area contributed by atoms with E-state index in [1.807, 2.05) is 0 Å². The molecule has 8 heteroatoms. The van der Waals surface area contributed by atoms with Crippen molar-refractivity contribution in [3.05, 3.63) is 11.9 Å². The highest BCUT2D eigenvalue weighted by Gasteiger charge is 2.37. The smallest absolute Gasteiger partial charge is 0.277 e. The minimum Gasteiger partial charge on any atom is -0.396 e. The molecule has 1 aromatic heterocycles. The minimum absolute atomic E-state index is 0.0588. The van der Waals surface area contributed by atoms with Crippen molar-refractivity contribution in [3.63, 3.8) is 0 Å². The Morgan fingerprint density at radius 3 is 2.79 bits per heavy atom. The molecule has 0 spiro atoms. The molecule has 0 radical (unpaired) electrons. The highest BCUT2D eigenvalue weighted by atomic mass is 16.2. The molecule has 1 saturated heterocycles. The Morgan fingerprint density at radius 1 is 1.58 bits per heavy atom. The summed E-state index contributed by atoms with van der Waals surface area (Å²) in [5.74, 6) is -1.48. The Morgan fingerprint density at radius 2 is 2.26 bits per heavy atom. The lowest BCUT2D eigenvalue weighted by Gasteiger charge is -2.32. The molecule has 2 heterocycles. The summed E-state index contributed by atoms with van der Waals surface area (Å²) in [5, 5.41) is 6.17. The molecule has 0 aliphatic carbocycles. The van der Waals surface area contributed by atoms with Gasteiger partial charge >= 0.3 is 0 Å². The van der Waals surface area contributed by atoms with Crippen LogP contribution in [0.3, 0.4) is 0 Å². The fourth-order valence-corrected chi connectivity index (χ4v) is 2.09. The Labute approximate surface area is 109 Å². The zero-order valence-electron chi connectivity index (χ0n) is 10.7. The van der Waals surface area contributed by atoms with Gasteiger partial charge in [-0.2, -0.15) is 5.10 Å². The third-order valence-electron chi connectivity index (χ3n) is 2.96. The first-order valence-electron chi connectivity index (χ1n) is 5.87. The zero-order valence-corrected chi connectivity index (χ0v) is 10.7. The van der Waals surface area contributed by atoms with Gasteiger partial charge in [0.25, 0.3) is 5.91 Å². The third kappa shape index (κ3) is 2.28. The van der Waals surface area contributed by atoms with E-state index in [1.54, 1.807) is 14.0 Å². The van der Waals surface area contributed by atoms with Gasteiger partial charge in [-0.25, -0.2) is 0 Å². The predicted octanol–water partition coefficient (Wildman–Crippen LogP) is -1.12.